The molecule has 0 aliphatic carbocycles. The van der Waals surface area contributed by atoms with Gasteiger partial charge in [0.25, 0.3) is 0 Å². The molecular weight excluding hydrogens is 294 g/mol. The van der Waals surface area contributed by atoms with Crippen molar-refractivity contribution in [2.45, 2.75) is 18.9 Å². The van der Waals surface area contributed by atoms with Gasteiger partial charge in [-0.1, -0.05) is 35.9 Å². The van der Waals surface area contributed by atoms with Crippen molar-refractivity contribution in [1.82, 2.24) is 5.32 Å². The second-order valence-electron chi connectivity index (χ2n) is 4.67. The summed E-state index contributed by atoms with van der Waals surface area (Å²) in [6.45, 7) is 2.22. The maximum absolute atomic E-state index is 11.6. The Balaban J connectivity index is 2.14. The first kappa shape index (κ1) is 15.0. The molecule has 0 saturated heterocycles. The first-order chi connectivity index (χ1) is 9.54. The molecule has 20 heavy (non-hydrogen) atoms. The van der Waals surface area contributed by atoms with Crippen molar-refractivity contribution in [1.29, 1.82) is 0 Å². The Morgan fingerprint density at radius 1 is 1.35 bits per heavy atom. The van der Waals surface area contributed by atoms with Crippen LogP contribution in [0.25, 0.3) is 0 Å². The summed E-state index contributed by atoms with van der Waals surface area (Å²) < 4.78 is 0. The van der Waals surface area contributed by atoms with E-state index in [-0.39, 0.29) is 0 Å². The number of thiophene rings is 1. The van der Waals surface area contributed by atoms with Gasteiger partial charge in [-0.25, -0.2) is 4.79 Å². The van der Waals surface area contributed by atoms with E-state index in [1.165, 1.54) is 4.88 Å². The van der Waals surface area contributed by atoms with Crippen LogP contribution in [0, 0.1) is 0 Å². The lowest BCUT2D eigenvalue weighted by Crippen LogP contribution is -2.47. The van der Waals surface area contributed by atoms with E-state index in [2.05, 4.69) is 5.32 Å². The Labute approximate surface area is 127 Å². The average Bonchev–Trinajstić information content (AvgIpc) is 2.92. The molecule has 0 aliphatic rings. The Kier molecular flexibility index (Phi) is 4.81. The molecule has 0 amide bonds. The lowest BCUT2D eigenvalue weighted by Gasteiger charge is -2.27. The lowest BCUT2D eigenvalue weighted by molar-refractivity contribution is -0.144. The highest BCUT2D eigenvalue weighted by Crippen LogP contribution is 2.28. The van der Waals surface area contributed by atoms with Gasteiger partial charge in [0, 0.05) is 22.0 Å². The summed E-state index contributed by atoms with van der Waals surface area (Å²) in [5.41, 5.74) is -0.601. The topological polar surface area (TPSA) is 49.3 Å². The van der Waals surface area contributed by atoms with Gasteiger partial charge in [-0.15, -0.1) is 11.3 Å². The molecule has 1 heterocycles. The smallest absolute Gasteiger partial charge is 0.328 e. The Morgan fingerprint density at radius 2 is 2.10 bits per heavy atom. The van der Waals surface area contributed by atoms with Gasteiger partial charge in [-0.2, -0.15) is 0 Å². The summed E-state index contributed by atoms with van der Waals surface area (Å²) in [5, 5.41) is 15.1. The zero-order valence-corrected chi connectivity index (χ0v) is 12.7. The van der Waals surface area contributed by atoms with Crippen LogP contribution < -0.4 is 5.32 Å². The van der Waals surface area contributed by atoms with E-state index in [0.717, 1.165) is 6.42 Å². The number of hydrogen-bond donors (Lipinski definition) is 2. The minimum absolute atomic E-state index is 0.459. The predicted molar refractivity (Wildman–Crippen MR) is 82.5 cm³/mol. The standard InChI is InChI=1S/C15H16ClNO2S/c1-15(14(18)19,12-6-2-3-7-13(12)16)17-9-8-11-5-4-10-20-11/h2-7,10,17H,8-9H2,1H3,(H,18,19)/t15-/m1/s1. The third kappa shape index (κ3) is 3.20. The van der Waals surface area contributed by atoms with Crippen molar-refractivity contribution in [3.8, 4) is 0 Å². The van der Waals surface area contributed by atoms with E-state index in [4.69, 9.17) is 11.6 Å². The monoisotopic (exact) mass is 309 g/mol. The summed E-state index contributed by atoms with van der Waals surface area (Å²) in [7, 11) is 0. The van der Waals surface area contributed by atoms with Crippen molar-refractivity contribution in [2.75, 3.05) is 6.54 Å². The molecule has 2 rings (SSSR count). The van der Waals surface area contributed by atoms with Crippen molar-refractivity contribution >= 4 is 28.9 Å². The third-order valence-electron chi connectivity index (χ3n) is 3.27. The van der Waals surface area contributed by atoms with E-state index >= 15 is 0 Å². The first-order valence-corrected chi connectivity index (χ1v) is 7.55. The summed E-state index contributed by atoms with van der Waals surface area (Å²) in [5.74, 6) is -0.934. The van der Waals surface area contributed by atoms with Crippen LogP contribution in [0.2, 0.25) is 5.02 Å². The number of carbonyl (C=O) groups is 1. The van der Waals surface area contributed by atoms with Gasteiger partial charge in [0.05, 0.1) is 0 Å². The number of nitrogens with one attached hydrogen (secondary N) is 1. The van der Waals surface area contributed by atoms with Crippen molar-refractivity contribution in [3.05, 3.63) is 57.2 Å². The van der Waals surface area contributed by atoms with Crippen molar-refractivity contribution in [3.63, 3.8) is 0 Å². The predicted octanol–water partition coefficient (Wildman–Crippen LogP) is 3.53. The number of benzene rings is 1. The number of carboxylic acids is 1. The number of halogens is 1. The van der Waals surface area contributed by atoms with Crippen LogP contribution in [0.1, 0.15) is 17.4 Å². The summed E-state index contributed by atoms with van der Waals surface area (Å²) in [6, 6.07) is 11.1. The number of aliphatic carboxylic acids is 1. The summed E-state index contributed by atoms with van der Waals surface area (Å²) >= 11 is 7.80. The molecular formula is C15H16ClNO2S. The van der Waals surface area contributed by atoms with Crippen LogP contribution in [-0.4, -0.2) is 17.6 Å². The molecule has 2 aromatic rings. The van der Waals surface area contributed by atoms with Crippen LogP contribution >= 0.6 is 22.9 Å². The maximum atomic E-state index is 11.6. The lowest BCUT2D eigenvalue weighted by atomic mass is 9.92. The van der Waals surface area contributed by atoms with Gasteiger partial charge in [0.1, 0.15) is 5.54 Å². The fraction of sp³-hybridized carbons (Fsp3) is 0.267. The van der Waals surface area contributed by atoms with Crippen LogP contribution in [0.4, 0.5) is 0 Å². The van der Waals surface area contributed by atoms with E-state index in [1.54, 1.807) is 42.5 Å². The van der Waals surface area contributed by atoms with Gasteiger partial charge in [0.2, 0.25) is 0 Å². The van der Waals surface area contributed by atoms with Crippen LogP contribution in [-0.2, 0) is 16.8 Å². The fourth-order valence-corrected chi connectivity index (χ4v) is 3.08. The molecule has 0 saturated carbocycles. The molecule has 1 aromatic carbocycles. The third-order valence-corrected chi connectivity index (χ3v) is 4.54. The van der Waals surface area contributed by atoms with Crippen LogP contribution in [0.3, 0.4) is 0 Å². The molecule has 0 spiro atoms. The highest BCUT2D eigenvalue weighted by Gasteiger charge is 2.36. The van der Waals surface area contributed by atoms with E-state index < -0.39 is 11.5 Å². The minimum Gasteiger partial charge on any atom is -0.480 e. The first-order valence-electron chi connectivity index (χ1n) is 6.30. The molecule has 0 radical (unpaired) electrons. The SMILES string of the molecule is C[C@](NCCc1cccs1)(C(=O)O)c1ccccc1Cl. The second kappa shape index (κ2) is 6.39. The summed E-state index contributed by atoms with van der Waals surface area (Å²) in [6.07, 6.45) is 0.797. The molecule has 1 atom stereocenters. The fourth-order valence-electron chi connectivity index (χ4n) is 2.04. The van der Waals surface area contributed by atoms with Gasteiger partial charge >= 0.3 is 5.97 Å². The highest BCUT2D eigenvalue weighted by atomic mass is 35.5. The number of hydrogen-bond acceptors (Lipinski definition) is 3. The Hall–Kier alpha value is -1.36. The quantitative estimate of drug-likeness (QED) is 0.858. The average molecular weight is 310 g/mol. The summed E-state index contributed by atoms with van der Waals surface area (Å²) in [4.78, 5) is 12.9. The van der Waals surface area contributed by atoms with Gasteiger partial charge in [0.15, 0.2) is 0 Å². The van der Waals surface area contributed by atoms with Gasteiger partial charge < -0.3 is 5.11 Å². The Bertz CT molecular complexity index is 585. The van der Waals surface area contributed by atoms with E-state index in [9.17, 15) is 9.90 Å². The zero-order valence-electron chi connectivity index (χ0n) is 11.1. The molecule has 2 N–H and O–H groups in total. The minimum atomic E-state index is -1.18. The molecule has 0 unspecified atom stereocenters. The number of rotatable bonds is 6. The molecule has 0 aliphatic heterocycles. The normalized spacial score (nSPS) is 13.9. The Morgan fingerprint density at radius 3 is 2.70 bits per heavy atom. The molecule has 1 aromatic heterocycles. The molecule has 5 heteroatoms. The van der Waals surface area contributed by atoms with Gasteiger partial charge in [-0.05, 0) is 30.9 Å². The van der Waals surface area contributed by atoms with Crippen molar-refractivity contribution in [2.24, 2.45) is 0 Å². The maximum Gasteiger partial charge on any atom is 0.328 e. The van der Waals surface area contributed by atoms with Crippen LogP contribution in [0.5, 0.6) is 0 Å². The van der Waals surface area contributed by atoms with Crippen LogP contribution in [0.15, 0.2) is 41.8 Å². The van der Waals surface area contributed by atoms with Crippen molar-refractivity contribution < 1.29 is 9.90 Å². The molecule has 106 valence electrons. The molecule has 0 fully saturated rings. The van der Waals surface area contributed by atoms with E-state index in [0.29, 0.717) is 17.1 Å². The highest BCUT2D eigenvalue weighted by molar-refractivity contribution is 7.09. The van der Waals surface area contributed by atoms with Gasteiger partial charge in [-0.3, -0.25) is 5.32 Å². The largest absolute Gasteiger partial charge is 0.480 e. The van der Waals surface area contributed by atoms with E-state index in [1.807, 2.05) is 17.5 Å². The second-order valence-corrected chi connectivity index (χ2v) is 6.11. The molecule has 0 bridgehead atoms. The zero-order chi connectivity index (χ0) is 14.6. The number of carboxylic acid groups (broad SMARTS) is 1. The molecule has 3 nitrogen and oxygen atoms in total.